The topological polar surface area (TPSA) is 122 Å². The Morgan fingerprint density at radius 3 is 2.68 bits per heavy atom. The largest absolute Gasteiger partial charge is 0.372 e. The number of nitro benzene ring substituents is 1. The normalized spacial score (nSPS) is 32.1. The highest BCUT2D eigenvalue weighted by Gasteiger charge is 2.64. The van der Waals surface area contributed by atoms with Crippen molar-refractivity contribution in [1.29, 1.82) is 0 Å². The van der Waals surface area contributed by atoms with E-state index in [0.29, 0.717) is 12.1 Å². The maximum Gasteiger partial charge on any atom is 0.330 e. The minimum Gasteiger partial charge on any atom is -0.372 e. The maximum absolute atomic E-state index is 13.3. The number of ether oxygens (including phenoxy) is 1. The van der Waals surface area contributed by atoms with E-state index in [-0.39, 0.29) is 18.2 Å². The summed E-state index contributed by atoms with van der Waals surface area (Å²) in [5, 5.41) is 13.5. The lowest BCUT2D eigenvalue weighted by molar-refractivity contribution is -0.384. The van der Waals surface area contributed by atoms with Gasteiger partial charge in [-0.1, -0.05) is 0 Å². The fourth-order valence-electron chi connectivity index (χ4n) is 4.75. The van der Waals surface area contributed by atoms with Crippen molar-refractivity contribution < 1.29 is 24.0 Å². The highest BCUT2D eigenvalue weighted by molar-refractivity contribution is 6.20. The average Bonchev–Trinajstić information content (AvgIpc) is 2.63. The molecule has 3 heterocycles. The summed E-state index contributed by atoms with van der Waals surface area (Å²) in [6.45, 7) is 4.10. The number of benzene rings is 1. The average molecular weight is 388 g/mol. The van der Waals surface area contributed by atoms with Gasteiger partial charge in [-0.05, 0) is 25.5 Å². The summed E-state index contributed by atoms with van der Waals surface area (Å²) >= 11 is 0. The van der Waals surface area contributed by atoms with Crippen LogP contribution < -0.4 is 10.2 Å². The molecule has 1 aromatic rings. The quantitative estimate of drug-likeness (QED) is 0.429. The number of non-ortho nitro benzene ring substituents is 1. The number of urea groups is 1. The number of barbiturate groups is 1. The monoisotopic (exact) mass is 388 g/mol. The molecule has 0 aromatic heterocycles. The molecule has 1 spiro atoms. The third-order valence-corrected chi connectivity index (χ3v) is 5.86. The van der Waals surface area contributed by atoms with E-state index in [0.717, 1.165) is 10.6 Å². The van der Waals surface area contributed by atoms with Gasteiger partial charge in [-0.15, -0.1) is 0 Å². The van der Waals surface area contributed by atoms with Gasteiger partial charge in [-0.2, -0.15) is 0 Å². The number of morpholine rings is 1. The molecule has 0 saturated carbocycles. The van der Waals surface area contributed by atoms with E-state index >= 15 is 0 Å². The molecule has 2 saturated heterocycles. The van der Waals surface area contributed by atoms with E-state index in [1.54, 1.807) is 13.0 Å². The number of anilines is 1. The highest BCUT2D eigenvalue weighted by atomic mass is 16.6. The molecule has 3 aliphatic rings. The first-order chi connectivity index (χ1) is 13.2. The van der Waals surface area contributed by atoms with E-state index in [9.17, 15) is 24.5 Å². The van der Waals surface area contributed by atoms with E-state index in [4.69, 9.17) is 4.74 Å². The molecule has 28 heavy (non-hydrogen) atoms. The van der Waals surface area contributed by atoms with Crippen LogP contribution in [-0.2, 0) is 20.7 Å². The Bertz CT molecular complexity index is 917. The van der Waals surface area contributed by atoms with Crippen molar-refractivity contribution in [2.45, 2.75) is 38.5 Å². The van der Waals surface area contributed by atoms with Gasteiger partial charge in [0.15, 0.2) is 5.41 Å². The zero-order chi connectivity index (χ0) is 20.4. The molecule has 4 rings (SSSR count). The third-order valence-electron chi connectivity index (χ3n) is 5.86. The first kappa shape index (κ1) is 18.4. The van der Waals surface area contributed by atoms with Gasteiger partial charge in [-0.3, -0.25) is 29.9 Å². The lowest BCUT2D eigenvalue weighted by atomic mass is 9.66. The van der Waals surface area contributed by atoms with Gasteiger partial charge in [-0.25, -0.2) is 4.79 Å². The number of hydrogen-bond acceptors (Lipinski definition) is 7. The molecular weight excluding hydrogens is 368 g/mol. The van der Waals surface area contributed by atoms with Crippen LogP contribution in [0.3, 0.4) is 0 Å². The van der Waals surface area contributed by atoms with Crippen LogP contribution in [0.1, 0.15) is 19.4 Å². The summed E-state index contributed by atoms with van der Waals surface area (Å²) in [5.41, 5.74) is -0.457. The predicted molar refractivity (Wildman–Crippen MR) is 96.7 cm³/mol. The standard InChI is InChI=1S/C18H20N4O6/c1-9-8-21-13-5-4-12(22(26)27)6-11(13)7-18(14(21)10(2)28-9)15(23)19-17(25)20(3)16(18)24/h4-6,9-10,14H,7-8H2,1-3H3,(H,19,23,25)/t9-,10+,14-,18+/m0/s1. The fraction of sp³-hybridized carbons (Fsp3) is 0.500. The SMILES string of the molecule is C[C@H]1CN2c3ccc([N+](=O)[O-])cc3C[C@]3(C(=O)NC(=O)N(C)C3=O)[C@@H]2[C@@H](C)O1. The zero-order valence-corrected chi connectivity index (χ0v) is 15.7. The summed E-state index contributed by atoms with van der Waals surface area (Å²) in [5.74, 6) is -1.32. The number of carbonyl (C=O) groups is 3. The van der Waals surface area contributed by atoms with E-state index < -0.39 is 40.3 Å². The minimum atomic E-state index is -1.61. The second kappa shape index (κ2) is 5.99. The summed E-state index contributed by atoms with van der Waals surface area (Å²) in [6.07, 6.45) is -0.677. The Kier molecular flexibility index (Phi) is 3.93. The van der Waals surface area contributed by atoms with Crippen LogP contribution in [0, 0.1) is 15.5 Å². The predicted octanol–water partition coefficient (Wildman–Crippen LogP) is 0.828. The molecule has 10 nitrogen and oxygen atoms in total. The summed E-state index contributed by atoms with van der Waals surface area (Å²) in [4.78, 5) is 51.8. The fourth-order valence-corrected chi connectivity index (χ4v) is 4.75. The number of rotatable bonds is 1. The van der Waals surface area contributed by atoms with Gasteiger partial charge in [0.05, 0.1) is 23.2 Å². The molecule has 148 valence electrons. The van der Waals surface area contributed by atoms with Crippen LogP contribution in [0.25, 0.3) is 0 Å². The van der Waals surface area contributed by atoms with Crippen LogP contribution in [0.2, 0.25) is 0 Å². The summed E-state index contributed by atoms with van der Waals surface area (Å²) in [6, 6.07) is 3.04. The minimum absolute atomic E-state index is 0.0461. The van der Waals surface area contributed by atoms with Crippen LogP contribution in [-0.4, -0.2) is 59.5 Å². The lowest BCUT2D eigenvalue weighted by Crippen LogP contribution is -2.75. The lowest BCUT2D eigenvalue weighted by Gasteiger charge is -2.56. The van der Waals surface area contributed by atoms with E-state index in [1.165, 1.54) is 19.2 Å². The van der Waals surface area contributed by atoms with Gasteiger partial charge in [0.1, 0.15) is 0 Å². The number of nitrogens with one attached hydrogen (secondary N) is 1. The molecule has 4 atom stereocenters. The number of amides is 4. The van der Waals surface area contributed by atoms with Crippen molar-refractivity contribution in [3.8, 4) is 0 Å². The maximum atomic E-state index is 13.3. The third kappa shape index (κ3) is 2.34. The van der Waals surface area contributed by atoms with Gasteiger partial charge >= 0.3 is 6.03 Å². The Hall–Kier alpha value is -3.01. The number of imide groups is 2. The van der Waals surface area contributed by atoms with Crippen molar-refractivity contribution in [2.75, 3.05) is 18.5 Å². The summed E-state index contributed by atoms with van der Waals surface area (Å²) < 4.78 is 5.93. The van der Waals surface area contributed by atoms with Crippen molar-refractivity contribution in [2.24, 2.45) is 5.41 Å². The second-order valence-corrected chi connectivity index (χ2v) is 7.59. The van der Waals surface area contributed by atoms with Crippen molar-refractivity contribution in [1.82, 2.24) is 10.2 Å². The van der Waals surface area contributed by atoms with E-state index in [2.05, 4.69) is 5.32 Å². The highest BCUT2D eigenvalue weighted by Crippen LogP contribution is 2.48. The molecule has 2 fully saturated rings. The molecular formula is C18H20N4O6. The molecule has 3 aliphatic heterocycles. The molecule has 1 N–H and O–H groups in total. The number of hydrogen-bond donors (Lipinski definition) is 1. The molecule has 0 bridgehead atoms. The second-order valence-electron chi connectivity index (χ2n) is 7.59. The number of nitro groups is 1. The number of nitrogens with zero attached hydrogens (tertiary/aromatic N) is 3. The van der Waals surface area contributed by atoms with Crippen LogP contribution in [0.15, 0.2) is 18.2 Å². The summed E-state index contributed by atoms with van der Waals surface area (Å²) in [7, 11) is 1.32. The molecule has 4 amide bonds. The molecule has 0 unspecified atom stereocenters. The van der Waals surface area contributed by atoms with Crippen LogP contribution in [0.5, 0.6) is 0 Å². The van der Waals surface area contributed by atoms with Crippen molar-refractivity contribution >= 4 is 29.2 Å². The smallest absolute Gasteiger partial charge is 0.330 e. The Morgan fingerprint density at radius 2 is 2.00 bits per heavy atom. The molecule has 0 aliphatic carbocycles. The van der Waals surface area contributed by atoms with Crippen LogP contribution >= 0.6 is 0 Å². The Balaban J connectivity index is 1.93. The molecule has 0 radical (unpaired) electrons. The Morgan fingerprint density at radius 1 is 1.29 bits per heavy atom. The van der Waals surface area contributed by atoms with Gasteiger partial charge in [0.25, 0.3) is 5.69 Å². The van der Waals surface area contributed by atoms with Crippen LogP contribution in [0.4, 0.5) is 16.2 Å². The first-order valence-corrected chi connectivity index (χ1v) is 9.00. The van der Waals surface area contributed by atoms with Gasteiger partial charge < -0.3 is 9.64 Å². The first-order valence-electron chi connectivity index (χ1n) is 9.00. The zero-order valence-electron chi connectivity index (χ0n) is 15.7. The molecule has 10 heteroatoms. The van der Waals surface area contributed by atoms with Crippen molar-refractivity contribution in [3.63, 3.8) is 0 Å². The Labute approximate surface area is 160 Å². The van der Waals surface area contributed by atoms with E-state index in [1.807, 2.05) is 11.8 Å². The number of carbonyl (C=O) groups excluding carboxylic acids is 3. The van der Waals surface area contributed by atoms with Crippen molar-refractivity contribution in [3.05, 3.63) is 33.9 Å². The van der Waals surface area contributed by atoms with Gasteiger partial charge in [0, 0.05) is 37.8 Å². The van der Waals surface area contributed by atoms with Gasteiger partial charge in [0.2, 0.25) is 11.8 Å². The molecule has 1 aromatic carbocycles. The number of fused-ring (bicyclic) bond motifs is 4.